The van der Waals surface area contributed by atoms with E-state index in [2.05, 4.69) is 28.2 Å². The SMILES string of the molecule is COc1ccccc1NC(=O)N1Cc2c(sc3c2CCCC3)-n2cccc2[C@H]1c1ccc(Cl)cc1. The van der Waals surface area contributed by atoms with E-state index in [1.165, 1.54) is 33.8 Å². The highest BCUT2D eigenvalue weighted by Gasteiger charge is 2.36. The van der Waals surface area contributed by atoms with Crippen LogP contribution >= 0.6 is 22.9 Å². The van der Waals surface area contributed by atoms with Crippen molar-refractivity contribution in [2.75, 3.05) is 12.4 Å². The summed E-state index contributed by atoms with van der Waals surface area (Å²) in [7, 11) is 1.62. The van der Waals surface area contributed by atoms with Gasteiger partial charge in [-0.25, -0.2) is 4.79 Å². The first-order chi connectivity index (χ1) is 17.1. The maximum Gasteiger partial charge on any atom is 0.323 e. The minimum absolute atomic E-state index is 0.161. The molecule has 1 aliphatic carbocycles. The zero-order valence-corrected chi connectivity index (χ0v) is 21.0. The molecule has 0 spiro atoms. The monoisotopic (exact) mass is 503 g/mol. The summed E-state index contributed by atoms with van der Waals surface area (Å²) in [5.74, 6) is 0.635. The number of para-hydroxylation sites is 2. The minimum atomic E-state index is -0.268. The molecule has 35 heavy (non-hydrogen) atoms. The quantitative estimate of drug-likeness (QED) is 0.321. The number of thiophene rings is 1. The molecule has 0 radical (unpaired) electrons. The van der Waals surface area contributed by atoms with Crippen LogP contribution in [0.2, 0.25) is 5.02 Å². The molecule has 1 N–H and O–H groups in total. The molecular weight excluding hydrogens is 478 g/mol. The van der Waals surface area contributed by atoms with Gasteiger partial charge in [0, 0.05) is 21.7 Å². The van der Waals surface area contributed by atoms with Gasteiger partial charge in [0.2, 0.25) is 0 Å². The number of urea groups is 1. The highest BCUT2D eigenvalue weighted by molar-refractivity contribution is 7.15. The number of aromatic nitrogens is 1. The lowest BCUT2D eigenvalue weighted by molar-refractivity contribution is 0.194. The molecule has 178 valence electrons. The van der Waals surface area contributed by atoms with Gasteiger partial charge < -0.3 is 19.5 Å². The van der Waals surface area contributed by atoms with Crippen LogP contribution in [-0.4, -0.2) is 22.6 Å². The average Bonchev–Trinajstić information content (AvgIpc) is 3.47. The van der Waals surface area contributed by atoms with Crippen molar-refractivity contribution in [2.45, 2.75) is 38.3 Å². The molecule has 2 amide bonds. The van der Waals surface area contributed by atoms with Gasteiger partial charge in [-0.05, 0) is 73.2 Å². The Kier molecular flexibility index (Phi) is 5.78. The lowest BCUT2D eigenvalue weighted by Gasteiger charge is -2.31. The number of amides is 2. The van der Waals surface area contributed by atoms with Crippen LogP contribution in [0.3, 0.4) is 0 Å². The molecule has 3 heterocycles. The van der Waals surface area contributed by atoms with E-state index < -0.39 is 0 Å². The number of hydrogen-bond acceptors (Lipinski definition) is 3. The Labute approximate surface area is 213 Å². The number of ether oxygens (including phenoxy) is 1. The Hall–Kier alpha value is -3.22. The Bertz CT molecular complexity index is 1390. The number of methoxy groups -OCH3 is 1. The van der Waals surface area contributed by atoms with Crippen LogP contribution in [0.15, 0.2) is 66.9 Å². The van der Waals surface area contributed by atoms with E-state index in [-0.39, 0.29) is 12.1 Å². The molecule has 2 aromatic carbocycles. The molecule has 2 aromatic heterocycles. The summed E-state index contributed by atoms with van der Waals surface area (Å²) in [6, 6.07) is 19.1. The molecule has 0 saturated heterocycles. The molecule has 2 aliphatic rings. The molecule has 0 saturated carbocycles. The van der Waals surface area contributed by atoms with Gasteiger partial charge in [0.15, 0.2) is 0 Å². The van der Waals surface area contributed by atoms with Crippen LogP contribution in [0, 0.1) is 0 Å². The van der Waals surface area contributed by atoms with Crippen molar-refractivity contribution in [2.24, 2.45) is 0 Å². The predicted octanol–water partition coefficient (Wildman–Crippen LogP) is 7.22. The number of nitrogens with zero attached hydrogens (tertiary/aromatic N) is 2. The molecular formula is C28H26ClN3O2S. The van der Waals surface area contributed by atoms with E-state index in [4.69, 9.17) is 16.3 Å². The van der Waals surface area contributed by atoms with Gasteiger partial charge in [0.05, 0.1) is 31.1 Å². The highest BCUT2D eigenvalue weighted by Crippen LogP contribution is 2.44. The maximum absolute atomic E-state index is 14.0. The Morgan fingerprint density at radius 1 is 1.03 bits per heavy atom. The van der Waals surface area contributed by atoms with Gasteiger partial charge in [0.1, 0.15) is 10.8 Å². The summed E-state index contributed by atoms with van der Waals surface area (Å²) in [4.78, 5) is 17.4. The average molecular weight is 504 g/mol. The number of rotatable bonds is 3. The maximum atomic E-state index is 14.0. The van der Waals surface area contributed by atoms with Crippen LogP contribution < -0.4 is 10.1 Å². The van der Waals surface area contributed by atoms with Crippen molar-refractivity contribution in [3.05, 3.63) is 99.1 Å². The van der Waals surface area contributed by atoms with E-state index in [1.807, 2.05) is 64.8 Å². The molecule has 0 unspecified atom stereocenters. The van der Waals surface area contributed by atoms with E-state index in [1.54, 1.807) is 7.11 Å². The lowest BCUT2D eigenvalue weighted by atomic mass is 9.95. The van der Waals surface area contributed by atoms with Gasteiger partial charge in [-0.2, -0.15) is 0 Å². The third-order valence-electron chi connectivity index (χ3n) is 6.97. The van der Waals surface area contributed by atoms with Crippen LogP contribution in [-0.2, 0) is 19.4 Å². The largest absolute Gasteiger partial charge is 0.495 e. The molecule has 5 nitrogen and oxygen atoms in total. The summed E-state index contributed by atoms with van der Waals surface area (Å²) < 4.78 is 7.78. The van der Waals surface area contributed by atoms with Crippen LogP contribution in [0.4, 0.5) is 10.5 Å². The van der Waals surface area contributed by atoms with Crippen molar-refractivity contribution in [1.82, 2.24) is 9.47 Å². The van der Waals surface area contributed by atoms with Crippen molar-refractivity contribution in [1.29, 1.82) is 0 Å². The molecule has 0 fully saturated rings. The molecule has 6 rings (SSSR count). The van der Waals surface area contributed by atoms with Crippen molar-refractivity contribution in [3.63, 3.8) is 0 Å². The van der Waals surface area contributed by atoms with Gasteiger partial charge in [-0.15, -0.1) is 11.3 Å². The number of aryl methyl sites for hydroxylation is 1. The Balaban J connectivity index is 1.50. The normalized spacial score (nSPS) is 16.6. The first kappa shape index (κ1) is 22.3. The number of nitrogens with one attached hydrogen (secondary N) is 1. The summed E-state index contributed by atoms with van der Waals surface area (Å²) in [6.45, 7) is 0.539. The summed E-state index contributed by atoms with van der Waals surface area (Å²) >= 11 is 8.11. The van der Waals surface area contributed by atoms with E-state index in [0.29, 0.717) is 23.0 Å². The van der Waals surface area contributed by atoms with Crippen LogP contribution in [0.1, 0.15) is 46.1 Å². The van der Waals surface area contributed by atoms with Crippen molar-refractivity contribution >= 4 is 34.7 Å². The van der Waals surface area contributed by atoms with Gasteiger partial charge in [-0.1, -0.05) is 35.9 Å². The smallest absolute Gasteiger partial charge is 0.323 e. The van der Waals surface area contributed by atoms with Crippen LogP contribution in [0.25, 0.3) is 5.00 Å². The number of carbonyl (C=O) groups excluding carboxylic acids is 1. The predicted molar refractivity (Wildman–Crippen MR) is 141 cm³/mol. The summed E-state index contributed by atoms with van der Waals surface area (Å²) in [6.07, 6.45) is 6.75. The molecule has 4 aromatic rings. The second-order valence-electron chi connectivity index (χ2n) is 9.01. The van der Waals surface area contributed by atoms with E-state index in [9.17, 15) is 4.79 Å². The molecule has 1 aliphatic heterocycles. The first-order valence-corrected chi connectivity index (χ1v) is 13.1. The van der Waals surface area contributed by atoms with Gasteiger partial charge in [-0.3, -0.25) is 0 Å². The first-order valence-electron chi connectivity index (χ1n) is 11.9. The second kappa shape index (κ2) is 9.10. The van der Waals surface area contributed by atoms with Crippen molar-refractivity contribution < 1.29 is 9.53 Å². The summed E-state index contributed by atoms with van der Waals surface area (Å²) in [5.41, 5.74) is 5.45. The highest BCUT2D eigenvalue weighted by atomic mass is 35.5. The Morgan fingerprint density at radius 2 is 1.83 bits per heavy atom. The molecule has 0 bridgehead atoms. The zero-order valence-electron chi connectivity index (χ0n) is 19.5. The fourth-order valence-corrected chi connectivity index (χ4v) is 6.85. The standard InChI is InChI=1S/C28H26ClN3O2S/c1-34-24-10-4-3-8-22(24)30-28(33)32-17-21-20-7-2-5-11-25(20)35-27(21)31-16-6-9-23(31)26(32)18-12-14-19(29)15-13-18/h3-4,6,8-10,12-16,26H,2,5,7,11,17H2,1H3,(H,30,33)/t26-/m1/s1. The van der Waals surface area contributed by atoms with E-state index >= 15 is 0 Å². The number of benzene rings is 2. The number of carbonyl (C=O) groups is 1. The van der Waals surface area contributed by atoms with Crippen LogP contribution in [0.5, 0.6) is 5.75 Å². The summed E-state index contributed by atoms with van der Waals surface area (Å²) in [5, 5.41) is 5.04. The third-order valence-corrected chi connectivity index (χ3v) is 8.56. The van der Waals surface area contributed by atoms with E-state index in [0.717, 1.165) is 24.1 Å². The fourth-order valence-electron chi connectivity index (χ4n) is 5.32. The number of hydrogen-bond donors (Lipinski definition) is 1. The lowest BCUT2D eigenvalue weighted by Crippen LogP contribution is -2.38. The topological polar surface area (TPSA) is 46.5 Å². The number of fused-ring (bicyclic) bond motifs is 5. The fraction of sp³-hybridized carbons (Fsp3) is 0.250. The van der Waals surface area contributed by atoms with Crippen molar-refractivity contribution in [3.8, 4) is 10.8 Å². The second-order valence-corrected chi connectivity index (χ2v) is 10.5. The zero-order chi connectivity index (χ0) is 23.9. The van der Waals surface area contributed by atoms with Gasteiger partial charge >= 0.3 is 6.03 Å². The number of anilines is 1. The minimum Gasteiger partial charge on any atom is -0.495 e. The molecule has 1 atom stereocenters. The third kappa shape index (κ3) is 3.91. The number of halogens is 1. The molecule has 7 heteroatoms. The van der Waals surface area contributed by atoms with Gasteiger partial charge in [0.25, 0.3) is 0 Å². The Morgan fingerprint density at radius 3 is 2.66 bits per heavy atom.